The van der Waals surface area contributed by atoms with Gasteiger partial charge < -0.3 is 9.64 Å². The Bertz CT molecular complexity index is 761. The van der Waals surface area contributed by atoms with E-state index in [0.717, 1.165) is 25.2 Å². The Hall–Kier alpha value is -3.10. The van der Waals surface area contributed by atoms with E-state index >= 15 is 0 Å². The molecule has 8 heteroatoms. The number of benzene rings is 1. The SMILES string of the molecule is CC(C)(C)OC(=O)N1CCN(Cc2cccc(NN=C(C#N)C#N)c2)CC1. The van der Waals surface area contributed by atoms with Crippen molar-refractivity contribution >= 4 is 17.5 Å². The van der Waals surface area contributed by atoms with Crippen molar-refractivity contribution in [1.29, 1.82) is 10.5 Å². The predicted octanol–water partition coefficient (Wildman–Crippen LogP) is 2.55. The third-order valence-electron chi connectivity index (χ3n) is 3.87. The molecule has 27 heavy (non-hydrogen) atoms. The van der Waals surface area contributed by atoms with E-state index in [-0.39, 0.29) is 11.8 Å². The number of amides is 1. The average Bonchev–Trinajstić information content (AvgIpc) is 2.62. The van der Waals surface area contributed by atoms with Gasteiger partial charge in [0.2, 0.25) is 5.71 Å². The third-order valence-corrected chi connectivity index (χ3v) is 3.87. The lowest BCUT2D eigenvalue weighted by molar-refractivity contribution is 0.0139. The van der Waals surface area contributed by atoms with Crippen LogP contribution in [0.15, 0.2) is 29.4 Å². The Balaban J connectivity index is 1.88. The maximum Gasteiger partial charge on any atom is 0.410 e. The molecule has 1 aliphatic heterocycles. The Labute approximate surface area is 159 Å². The first-order chi connectivity index (χ1) is 12.8. The summed E-state index contributed by atoms with van der Waals surface area (Å²) in [5.41, 5.74) is 3.81. The molecule has 142 valence electrons. The molecule has 0 aliphatic carbocycles. The molecule has 0 unspecified atom stereocenters. The zero-order valence-corrected chi connectivity index (χ0v) is 15.9. The van der Waals surface area contributed by atoms with Gasteiger partial charge >= 0.3 is 6.09 Å². The van der Waals surface area contributed by atoms with Crippen LogP contribution in [0.2, 0.25) is 0 Å². The lowest BCUT2D eigenvalue weighted by Crippen LogP contribution is -2.49. The number of hydrazone groups is 1. The Morgan fingerprint density at radius 2 is 1.89 bits per heavy atom. The van der Waals surface area contributed by atoms with Crippen molar-refractivity contribution in [2.45, 2.75) is 32.9 Å². The summed E-state index contributed by atoms with van der Waals surface area (Å²) in [5, 5.41) is 21.2. The smallest absolute Gasteiger partial charge is 0.410 e. The molecule has 1 amide bonds. The van der Waals surface area contributed by atoms with Crippen LogP contribution in [0.5, 0.6) is 0 Å². The quantitative estimate of drug-likeness (QED) is 0.647. The fourth-order valence-electron chi connectivity index (χ4n) is 2.61. The van der Waals surface area contributed by atoms with E-state index in [1.165, 1.54) is 0 Å². The molecule has 1 aromatic carbocycles. The molecular weight excluding hydrogens is 344 g/mol. The van der Waals surface area contributed by atoms with E-state index in [9.17, 15) is 4.79 Å². The molecule has 1 aliphatic rings. The molecule has 0 radical (unpaired) electrons. The van der Waals surface area contributed by atoms with Crippen LogP contribution in [0.3, 0.4) is 0 Å². The van der Waals surface area contributed by atoms with E-state index < -0.39 is 5.60 Å². The Morgan fingerprint density at radius 3 is 2.48 bits per heavy atom. The third kappa shape index (κ3) is 6.61. The van der Waals surface area contributed by atoms with Crippen molar-refractivity contribution in [2.75, 3.05) is 31.6 Å². The first-order valence-corrected chi connectivity index (χ1v) is 8.74. The van der Waals surface area contributed by atoms with Gasteiger partial charge in [-0.05, 0) is 38.5 Å². The number of anilines is 1. The van der Waals surface area contributed by atoms with Crippen molar-refractivity contribution in [3.8, 4) is 12.1 Å². The maximum absolute atomic E-state index is 12.1. The van der Waals surface area contributed by atoms with Crippen LogP contribution in [-0.4, -0.2) is 53.4 Å². The zero-order chi connectivity index (χ0) is 19.9. The first kappa shape index (κ1) is 20.2. The van der Waals surface area contributed by atoms with Crippen LogP contribution in [0.1, 0.15) is 26.3 Å². The molecular formula is C19H24N6O2. The highest BCUT2D eigenvalue weighted by Crippen LogP contribution is 2.16. The normalized spacial score (nSPS) is 14.6. The van der Waals surface area contributed by atoms with E-state index in [4.69, 9.17) is 15.3 Å². The number of rotatable bonds is 4. The number of carbonyl (C=O) groups excluding carboxylic acids is 1. The highest BCUT2D eigenvalue weighted by Gasteiger charge is 2.25. The monoisotopic (exact) mass is 368 g/mol. The number of hydrogen-bond acceptors (Lipinski definition) is 7. The van der Waals surface area contributed by atoms with Crippen LogP contribution < -0.4 is 5.43 Å². The molecule has 1 fully saturated rings. The topological polar surface area (TPSA) is 105 Å². The van der Waals surface area contributed by atoms with Crippen molar-refractivity contribution in [3.63, 3.8) is 0 Å². The fourth-order valence-corrected chi connectivity index (χ4v) is 2.61. The molecule has 1 N–H and O–H groups in total. The minimum Gasteiger partial charge on any atom is -0.444 e. The molecule has 1 heterocycles. The summed E-state index contributed by atoms with van der Waals surface area (Å²) < 4.78 is 5.41. The predicted molar refractivity (Wildman–Crippen MR) is 102 cm³/mol. The highest BCUT2D eigenvalue weighted by atomic mass is 16.6. The molecule has 0 saturated carbocycles. The number of hydrogen-bond donors (Lipinski definition) is 1. The minimum absolute atomic E-state index is 0.223. The number of nitrogens with zero attached hydrogens (tertiary/aromatic N) is 5. The summed E-state index contributed by atoms with van der Waals surface area (Å²) in [6.45, 7) is 9.12. The Kier molecular flexibility index (Phi) is 6.75. The zero-order valence-electron chi connectivity index (χ0n) is 15.9. The summed E-state index contributed by atoms with van der Waals surface area (Å²) in [7, 11) is 0. The summed E-state index contributed by atoms with van der Waals surface area (Å²) in [4.78, 5) is 16.1. The number of nitrogens with one attached hydrogen (secondary N) is 1. The summed E-state index contributed by atoms with van der Waals surface area (Å²) >= 11 is 0. The lowest BCUT2D eigenvalue weighted by Gasteiger charge is -2.35. The largest absolute Gasteiger partial charge is 0.444 e. The van der Waals surface area contributed by atoms with Gasteiger partial charge in [0.05, 0.1) is 5.69 Å². The molecule has 0 aromatic heterocycles. The molecule has 1 saturated heterocycles. The van der Waals surface area contributed by atoms with E-state index in [1.54, 1.807) is 17.0 Å². The molecule has 1 aromatic rings. The van der Waals surface area contributed by atoms with Crippen LogP contribution in [0, 0.1) is 22.7 Å². The van der Waals surface area contributed by atoms with Crippen LogP contribution in [-0.2, 0) is 11.3 Å². The minimum atomic E-state index is -0.485. The second kappa shape index (κ2) is 9.02. The van der Waals surface area contributed by atoms with Crippen molar-refractivity contribution in [2.24, 2.45) is 5.10 Å². The lowest BCUT2D eigenvalue weighted by atomic mass is 10.1. The van der Waals surface area contributed by atoms with Gasteiger partial charge in [0.15, 0.2) is 0 Å². The molecule has 8 nitrogen and oxygen atoms in total. The van der Waals surface area contributed by atoms with Gasteiger partial charge in [0.1, 0.15) is 17.7 Å². The van der Waals surface area contributed by atoms with E-state index in [1.807, 2.05) is 45.0 Å². The average molecular weight is 368 g/mol. The number of piperazine rings is 1. The molecule has 0 bridgehead atoms. The van der Waals surface area contributed by atoms with Crippen molar-refractivity contribution in [3.05, 3.63) is 29.8 Å². The van der Waals surface area contributed by atoms with E-state index in [2.05, 4.69) is 15.4 Å². The standard InChI is InChI=1S/C19H24N6O2/c1-19(2,3)27-18(26)25-9-7-24(8-10-25)14-15-5-4-6-16(11-15)22-23-17(12-20)13-21/h4-6,11,22H,7-10,14H2,1-3H3. The second-order valence-electron chi connectivity index (χ2n) is 7.24. The second-order valence-corrected chi connectivity index (χ2v) is 7.24. The summed E-state index contributed by atoms with van der Waals surface area (Å²) in [6, 6.07) is 11.1. The fraction of sp³-hybridized carbons (Fsp3) is 0.474. The van der Waals surface area contributed by atoms with Gasteiger partial charge in [-0.15, -0.1) is 0 Å². The van der Waals surface area contributed by atoms with Gasteiger partial charge in [-0.25, -0.2) is 4.79 Å². The number of carbonyl (C=O) groups is 1. The van der Waals surface area contributed by atoms with Crippen LogP contribution in [0.25, 0.3) is 0 Å². The van der Waals surface area contributed by atoms with Gasteiger partial charge in [0.25, 0.3) is 0 Å². The van der Waals surface area contributed by atoms with E-state index in [0.29, 0.717) is 18.8 Å². The number of ether oxygens (including phenoxy) is 1. The maximum atomic E-state index is 12.1. The summed E-state index contributed by atoms with van der Waals surface area (Å²) in [6.07, 6.45) is -0.267. The van der Waals surface area contributed by atoms with Gasteiger partial charge in [-0.1, -0.05) is 12.1 Å². The van der Waals surface area contributed by atoms with Crippen LogP contribution in [0.4, 0.5) is 10.5 Å². The van der Waals surface area contributed by atoms with Crippen molar-refractivity contribution < 1.29 is 9.53 Å². The molecule has 0 spiro atoms. The number of nitriles is 2. The van der Waals surface area contributed by atoms with Gasteiger partial charge in [-0.3, -0.25) is 10.3 Å². The first-order valence-electron chi connectivity index (χ1n) is 8.74. The molecule has 0 atom stereocenters. The van der Waals surface area contributed by atoms with Gasteiger partial charge in [0, 0.05) is 32.7 Å². The molecule has 2 rings (SSSR count). The summed E-state index contributed by atoms with van der Waals surface area (Å²) in [5.74, 6) is 0. The van der Waals surface area contributed by atoms with Gasteiger partial charge in [-0.2, -0.15) is 15.6 Å². The Morgan fingerprint density at radius 1 is 1.22 bits per heavy atom. The van der Waals surface area contributed by atoms with Crippen molar-refractivity contribution in [1.82, 2.24) is 9.80 Å². The van der Waals surface area contributed by atoms with Crippen LogP contribution >= 0.6 is 0 Å². The highest BCUT2D eigenvalue weighted by molar-refractivity contribution is 6.10.